The van der Waals surface area contributed by atoms with Crippen LogP contribution in [0.1, 0.15) is 42.4 Å². The molecule has 13 heteroatoms. The van der Waals surface area contributed by atoms with Crippen molar-refractivity contribution in [1.82, 2.24) is 18.9 Å². The van der Waals surface area contributed by atoms with Crippen LogP contribution in [0, 0.1) is 18.3 Å². The third-order valence-corrected chi connectivity index (χ3v) is 8.39. The maximum atomic E-state index is 13.6. The number of nitrogens with one attached hydrogen (secondary N) is 1. The van der Waals surface area contributed by atoms with Crippen molar-refractivity contribution >= 4 is 27.0 Å². The standard InChI is InChI=1S/C26H24F3N7O2S/c1-15-5-7-20(8-6-15)39(37,38)36-14-22(21-9-17(26(27,28)29)13-32-24(21)36)23-16(11-30)12-33-25(35-23)34-19-4-2-3-18(31)10-19/h5-9,12-14,18-19H,2-4,10,31H2,1H3,(H,33,34,35)/t18-,19+/m1/s1. The number of halogens is 3. The van der Waals surface area contributed by atoms with E-state index in [-0.39, 0.29) is 50.8 Å². The Balaban J connectivity index is 1.70. The van der Waals surface area contributed by atoms with Crippen LogP contribution in [0.15, 0.2) is 53.8 Å². The number of aryl methyl sites for hydroxylation is 1. The number of alkyl halides is 3. The average Bonchev–Trinajstić information content (AvgIpc) is 3.28. The van der Waals surface area contributed by atoms with Crippen LogP contribution in [0.4, 0.5) is 19.1 Å². The number of nitriles is 1. The number of pyridine rings is 1. The molecule has 2 atom stereocenters. The molecular weight excluding hydrogens is 531 g/mol. The lowest BCUT2D eigenvalue weighted by Crippen LogP contribution is -2.35. The second-order valence-corrected chi connectivity index (χ2v) is 11.4. The second kappa shape index (κ2) is 9.94. The van der Waals surface area contributed by atoms with E-state index >= 15 is 0 Å². The van der Waals surface area contributed by atoms with Crippen LogP contribution >= 0.6 is 0 Å². The molecule has 3 aromatic heterocycles. The van der Waals surface area contributed by atoms with E-state index in [1.165, 1.54) is 18.3 Å². The Labute approximate surface area is 222 Å². The van der Waals surface area contributed by atoms with Gasteiger partial charge in [0.15, 0.2) is 5.65 Å². The highest BCUT2D eigenvalue weighted by atomic mass is 32.2. The third-order valence-electron chi connectivity index (χ3n) is 6.73. The highest BCUT2D eigenvalue weighted by Crippen LogP contribution is 2.37. The molecular formula is C26H24F3N7O2S. The molecule has 1 aromatic carbocycles. The number of fused-ring (bicyclic) bond motifs is 1. The molecule has 202 valence electrons. The van der Waals surface area contributed by atoms with Crippen LogP contribution < -0.4 is 11.1 Å². The fraction of sp³-hybridized carbons (Fsp3) is 0.308. The lowest BCUT2D eigenvalue weighted by atomic mass is 9.92. The highest BCUT2D eigenvalue weighted by molar-refractivity contribution is 7.90. The van der Waals surface area contributed by atoms with Gasteiger partial charge in [-0.25, -0.2) is 27.3 Å². The second-order valence-electron chi connectivity index (χ2n) is 9.59. The van der Waals surface area contributed by atoms with Gasteiger partial charge in [0.25, 0.3) is 10.0 Å². The molecule has 1 aliphatic rings. The number of hydrogen-bond acceptors (Lipinski definition) is 8. The van der Waals surface area contributed by atoms with E-state index in [0.29, 0.717) is 12.6 Å². The summed E-state index contributed by atoms with van der Waals surface area (Å²) in [5.41, 5.74) is 5.56. The Morgan fingerprint density at radius 1 is 1.15 bits per heavy atom. The molecule has 0 unspecified atom stereocenters. The quantitative estimate of drug-likeness (QED) is 0.364. The zero-order valence-electron chi connectivity index (χ0n) is 20.8. The van der Waals surface area contributed by atoms with Gasteiger partial charge in [0.2, 0.25) is 5.95 Å². The minimum absolute atomic E-state index is 0.00151. The normalized spacial score (nSPS) is 18.2. The fourth-order valence-electron chi connectivity index (χ4n) is 4.71. The van der Waals surface area contributed by atoms with Gasteiger partial charge in [-0.2, -0.15) is 18.4 Å². The van der Waals surface area contributed by atoms with E-state index in [1.807, 2.05) is 6.07 Å². The zero-order valence-corrected chi connectivity index (χ0v) is 21.6. The Morgan fingerprint density at radius 3 is 2.56 bits per heavy atom. The highest BCUT2D eigenvalue weighted by Gasteiger charge is 2.33. The van der Waals surface area contributed by atoms with Gasteiger partial charge in [-0.1, -0.05) is 17.7 Å². The first-order valence-electron chi connectivity index (χ1n) is 12.2. The molecule has 1 fully saturated rings. The topological polar surface area (TPSA) is 140 Å². The number of anilines is 1. The van der Waals surface area contributed by atoms with Crippen LogP contribution in [0.5, 0.6) is 0 Å². The van der Waals surface area contributed by atoms with Gasteiger partial charge in [0.05, 0.1) is 27.9 Å². The molecule has 0 saturated heterocycles. The van der Waals surface area contributed by atoms with Gasteiger partial charge in [-0.15, -0.1) is 0 Å². The summed E-state index contributed by atoms with van der Waals surface area (Å²) in [5, 5.41) is 12.8. The lowest BCUT2D eigenvalue weighted by Gasteiger charge is -2.27. The van der Waals surface area contributed by atoms with Crippen molar-refractivity contribution in [2.75, 3.05) is 5.32 Å². The van der Waals surface area contributed by atoms with Crippen LogP contribution in [-0.4, -0.2) is 39.4 Å². The molecule has 4 aromatic rings. The van der Waals surface area contributed by atoms with Crippen LogP contribution in [0.2, 0.25) is 0 Å². The molecule has 0 radical (unpaired) electrons. The summed E-state index contributed by atoms with van der Waals surface area (Å²) in [5.74, 6) is 0.158. The van der Waals surface area contributed by atoms with Crippen molar-refractivity contribution < 1.29 is 21.6 Å². The first kappa shape index (κ1) is 26.6. The number of nitrogens with two attached hydrogens (primary N) is 1. The van der Waals surface area contributed by atoms with Crippen molar-refractivity contribution in [3.63, 3.8) is 0 Å². The predicted octanol–water partition coefficient (Wildman–Crippen LogP) is 4.61. The van der Waals surface area contributed by atoms with E-state index in [9.17, 15) is 26.9 Å². The Morgan fingerprint density at radius 2 is 1.90 bits per heavy atom. The third kappa shape index (κ3) is 5.17. The van der Waals surface area contributed by atoms with Gasteiger partial charge >= 0.3 is 6.18 Å². The number of rotatable bonds is 5. The minimum atomic E-state index is -4.73. The SMILES string of the molecule is Cc1ccc(S(=O)(=O)n2cc(-c3nc(N[C@H]4CCC[C@@H](N)C4)ncc3C#N)c3cc(C(F)(F)F)cnc32)cc1. The molecule has 39 heavy (non-hydrogen) atoms. The monoisotopic (exact) mass is 555 g/mol. The van der Waals surface area contributed by atoms with Crippen molar-refractivity contribution in [2.24, 2.45) is 5.73 Å². The predicted molar refractivity (Wildman–Crippen MR) is 138 cm³/mol. The van der Waals surface area contributed by atoms with E-state index in [4.69, 9.17) is 5.73 Å². The summed E-state index contributed by atoms with van der Waals surface area (Å²) in [6.45, 7) is 1.80. The summed E-state index contributed by atoms with van der Waals surface area (Å²) in [6.07, 6.45) is 1.59. The summed E-state index contributed by atoms with van der Waals surface area (Å²) in [7, 11) is -4.26. The van der Waals surface area contributed by atoms with Crippen LogP contribution in [0.3, 0.4) is 0 Å². The first-order valence-corrected chi connectivity index (χ1v) is 13.6. The molecule has 3 N–H and O–H groups in total. The van der Waals surface area contributed by atoms with E-state index in [2.05, 4.69) is 20.3 Å². The summed E-state index contributed by atoms with van der Waals surface area (Å²) >= 11 is 0. The first-order chi connectivity index (χ1) is 18.5. The van der Waals surface area contributed by atoms with E-state index in [1.54, 1.807) is 19.1 Å². The molecule has 0 spiro atoms. The van der Waals surface area contributed by atoms with Gasteiger partial charge in [0, 0.05) is 35.4 Å². The molecule has 0 amide bonds. The fourth-order valence-corrected chi connectivity index (χ4v) is 6.03. The molecule has 5 rings (SSSR count). The summed E-state index contributed by atoms with van der Waals surface area (Å²) < 4.78 is 68.9. The van der Waals surface area contributed by atoms with Crippen LogP contribution in [-0.2, 0) is 16.2 Å². The van der Waals surface area contributed by atoms with Crippen molar-refractivity contribution in [3.05, 3.63) is 65.6 Å². The van der Waals surface area contributed by atoms with Gasteiger partial charge < -0.3 is 11.1 Å². The van der Waals surface area contributed by atoms with E-state index < -0.39 is 21.8 Å². The van der Waals surface area contributed by atoms with Gasteiger partial charge in [-0.05, 0) is 50.8 Å². The molecule has 0 bridgehead atoms. The number of benzene rings is 1. The minimum Gasteiger partial charge on any atom is -0.351 e. The Hall–Kier alpha value is -4.02. The molecule has 9 nitrogen and oxygen atoms in total. The van der Waals surface area contributed by atoms with Crippen molar-refractivity contribution in [1.29, 1.82) is 5.26 Å². The van der Waals surface area contributed by atoms with Gasteiger partial charge in [0.1, 0.15) is 6.07 Å². The van der Waals surface area contributed by atoms with Gasteiger partial charge in [-0.3, -0.25) is 0 Å². The molecule has 1 saturated carbocycles. The summed E-state index contributed by atoms with van der Waals surface area (Å²) in [4.78, 5) is 12.5. The number of hydrogen-bond donors (Lipinski definition) is 2. The Kier molecular flexibility index (Phi) is 6.77. The Bertz CT molecular complexity index is 1690. The largest absolute Gasteiger partial charge is 0.417 e. The molecule has 3 heterocycles. The molecule has 1 aliphatic carbocycles. The van der Waals surface area contributed by atoms with E-state index in [0.717, 1.165) is 41.1 Å². The van der Waals surface area contributed by atoms with Crippen molar-refractivity contribution in [2.45, 2.75) is 55.8 Å². The number of nitrogens with zero attached hydrogens (tertiary/aromatic N) is 5. The maximum Gasteiger partial charge on any atom is 0.417 e. The summed E-state index contributed by atoms with van der Waals surface area (Å²) in [6, 6.07) is 8.81. The van der Waals surface area contributed by atoms with Crippen LogP contribution in [0.25, 0.3) is 22.3 Å². The average molecular weight is 556 g/mol. The molecule has 0 aliphatic heterocycles. The zero-order chi connectivity index (χ0) is 27.9. The smallest absolute Gasteiger partial charge is 0.351 e. The number of aromatic nitrogens is 4. The maximum absolute atomic E-state index is 13.6. The lowest BCUT2D eigenvalue weighted by molar-refractivity contribution is -0.137. The van der Waals surface area contributed by atoms with Crippen molar-refractivity contribution in [3.8, 4) is 17.3 Å².